The highest BCUT2D eigenvalue weighted by atomic mass is 32.2. The quantitative estimate of drug-likeness (QED) is 0.872. The number of nitrogens with zero attached hydrogens (tertiary/aromatic N) is 1. The minimum Gasteiger partial charge on any atom is -0.321 e. The van der Waals surface area contributed by atoms with Crippen molar-refractivity contribution in [1.82, 2.24) is 0 Å². The third kappa shape index (κ3) is 4.34. The predicted molar refractivity (Wildman–Crippen MR) is 93.8 cm³/mol. The van der Waals surface area contributed by atoms with E-state index in [1.807, 2.05) is 0 Å². The van der Waals surface area contributed by atoms with Gasteiger partial charge in [0.05, 0.1) is 23.2 Å². The van der Waals surface area contributed by atoms with Crippen LogP contribution in [0.5, 0.6) is 0 Å². The van der Waals surface area contributed by atoms with Gasteiger partial charge in [0.15, 0.2) is 0 Å². The molecule has 0 saturated heterocycles. The Labute approximate surface area is 149 Å². The van der Waals surface area contributed by atoms with Crippen LogP contribution in [0.25, 0.3) is 0 Å². The largest absolute Gasteiger partial charge is 0.418 e. The molecule has 0 atom stereocenters. The number of hydrogen-bond donors (Lipinski definition) is 1. The van der Waals surface area contributed by atoms with Gasteiger partial charge in [-0.25, -0.2) is 8.42 Å². The molecule has 26 heavy (non-hydrogen) atoms. The van der Waals surface area contributed by atoms with E-state index in [4.69, 9.17) is 0 Å². The summed E-state index contributed by atoms with van der Waals surface area (Å²) in [5.74, 6) is -0.773. The molecule has 2 aromatic carbocycles. The van der Waals surface area contributed by atoms with E-state index in [2.05, 4.69) is 5.32 Å². The van der Waals surface area contributed by atoms with E-state index >= 15 is 0 Å². The third-order valence-corrected chi connectivity index (χ3v) is 4.98. The molecule has 2 rings (SSSR count). The molecule has 0 radical (unpaired) electrons. The number of rotatable bonds is 4. The monoisotopic (exact) mass is 386 g/mol. The molecule has 0 aromatic heterocycles. The van der Waals surface area contributed by atoms with Crippen LogP contribution in [0.1, 0.15) is 21.5 Å². The molecule has 0 spiro atoms. The minimum absolute atomic E-state index is 0.0399. The van der Waals surface area contributed by atoms with E-state index < -0.39 is 27.7 Å². The molecule has 9 heteroatoms. The first kappa shape index (κ1) is 19.8. The highest BCUT2D eigenvalue weighted by Gasteiger charge is 2.33. The fourth-order valence-corrected chi connectivity index (χ4v) is 2.86. The maximum absolute atomic E-state index is 13.0. The Morgan fingerprint density at radius 3 is 2.31 bits per heavy atom. The number of nitrogens with one attached hydrogen (secondary N) is 1. The third-order valence-electron chi connectivity index (χ3n) is 3.79. The van der Waals surface area contributed by atoms with Crippen molar-refractivity contribution in [1.29, 1.82) is 0 Å². The second-order valence-corrected chi connectivity index (χ2v) is 7.74. The van der Waals surface area contributed by atoms with Crippen LogP contribution < -0.4 is 9.62 Å². The smallest absolute Gasteiger partial charge is 0.321 e. The highest BCUT2D eigenvalue weighted by Crippen LogP contribution is 2.34. The Bertz CT molecular complexity index is 941. The summed E-state index contributed by atoms with van der Waals surface area (Å²) in [5.41, 5.74) is -0.426. The molecule has 0 saturated carbocycles. The van der Waals surface area contributed by atoms with Gasteiger partial charge in [-0.2, -0.15) is 13.2 Å². The fourth-order valence-electron chi connectivity index (χ4n) is 2.30. The number of benzene rings is 2. The van der Waals surface area contributed by atoms with Crippen LogP contribution >= 0.6 is 0 Å². The second kappa shape index (κ2) is 6.99. The summed E-state index contributed by atoms with van der Waals surface area (Å²) in [4.78, 5) is 12.4. The Morgan fingerprint density at radius 1 is 1.12 bits per heavy atom. The first-order valence-electron chi connectivity index (χ1n) is 7.43. The van der Waals surface area contributed by atoms with Gasteiger partial charge in [0.25, 0.3) is 5.91 Å². The lowest BCUT2D eigenvalue weighted by molar-refractivity contribution is -0.136. The van der Waals surface area contributed by atoms with Gasteiger partial charge in [-0.1, -0.05) is 18.2 Å². The number of carbonyl (C=O) groups is 1. The molecular formula is C17H17F3N2O3S. The number of para-hydroxylation sites is 1. The lowest BCUT2D eigenvalue weighted by Gasteiger charge is -2.20. The summed E-state index contributed by atoms with van der Waals surface area (Å²) in [6.45, 7) is 1.66. The van der Waals surface area contributed by atoms with E-state index in [0.29, 0.717) is 5.56 Å². The van der Waals surface area contributed by atoms with E-state index in [1.165, 1.54) is 37.4 Å². The minimum atomic E-state index is -4.61. The summed E-state index contributed by atoms with van der Waals surface area (Å²) in [7, 11) is -2.22. The van der Waals surface area contributed by atoms with Crippen LogP contribution in [0.3, 0.4) is 0 Å². The van der Waals surface area contributed by atoms with Crippen molar-refractivity contribution >= 4 is 27.3 Å². The number of halogens is 3. The van der Waals surface area contributed by atoms with Crippen LogP contribution in [-0.2, 0) is 16.2 Å². The standard InChI is InChI=1S/C17H17F3N2O3S/c1-11-8-9-12(10-15(11)22(2)26(3,24)25)16(23)21-14-7-5-4-6-13(14)17(18,19)20/h4-10H,1-3H3,(H,21,23). The van der Waals surface area contributed by atoms with Gasteiger partial charge >= 0.3 is 6.18 Å². The maximum atomic E-state index is 13.0. The molecule has 0 bridgehead atoms. The van der Waals surface area contributed by atoms with Gasteiger partial charge in [0.1, 0.15) is 0 Å². The molecule has 1 N–H and O–H groups in total. The molecular weight excluding hydrogens is 369 g/mol. The van der Waals surface area contributed by atoms with Crippen molar-refractivity contribution < 1.29 is 26.4 Å². The molecule has 0 aliphatic heterocycles. The Kier molecular flexibility index (Phi) is 5.31. The molecule has 140 valence electrons. The lowest BCUT2D eigenvalue weighted by atomic mass is 10.1. The van der Waals surface area contributed by atoms with Gasteiger partial charge in [-0.3, -0.25) is 9.10 Å². The summed E-state index contributed by atoms with van der Waals surface area (Å²) in [5, 5.41) is 2.23. The van der Waals surface area contributed by atoms with Gasteiger partial charge in [-0.05, 0) is 36.8 Å². The van der Waals surface area contributed by atoms with Crippen molar-refractivity contribution in [3.8, 4) is 0 Å². The van der Waals surface area contributed by atoms with E-state index in [-0.39, 0.29) is 16.9 Å². The summed E-state index contributed by atoms with van der Waals surface area (Å²) in [6.07, 6.45) is -3.60. The Hall–Kier alpha value is -2.55. The Balaban J connectivity index is 2.38. The van der Waals surface area contributed by atoms with Crippen LogP contribution in [0.4, 0.5) is 24.5 Å². The first-order chi connectivity index (χ1) is 11.9. The van der Waals surface area contributed by atoms with Crippen LogP contribution in [-0.4, -0.2) is 27.6 Å². The molecule has 0 unspecified atom stereocenters. The average Bonchev–Trinajstić information content (AvgIpc) is 2.53. The van der Waals surface area contributed by atoms with Crippen molar-refractivity contribution in [2.45, 2.75) is 13.1 Å². The van der Waals surface area contributed by atoms with Gasteiger partial charge < -0.3 is 5.32 Å². The van der Waals surface area contributed by atoms with Crippen LogP contribution in [0.2, 0.25) is 0 Å². The van der Waals surface area contributed by atoms with Gasteiger partial charge in [-0.15, -0.1) is 0 Å². The number of anilines is 2. The number of alkyl halides is 3. The number of carbonyl (C=O) groups excluding carboxylic acids is 1. The van der Waals surface area contributed by atoms with Crippen molar-refractivity contribution in [2.24, 2.45) is 0 Å². The van der Waals surface area contributed by atoms with E-state index in [0.717, 1.165) is 22.7 Å². The zero-order chi connectivity index (χ0) is 19.7. The second-order valence-electron chi connectivity index (χ2n) is 5.73. The SMILES string of the molecule is Cc1ccc(C(=O)Nc2ccccc2C(F)(F)F)cc1N(C)S(C)(=O)=O. The highest BCUT2D eigenvalue weighted by molar-refractivity contribution is 7.92. The first-order valence-corrected chi connectivity index (χ1v) is 9.28. The topological polar surface area (TPSA) is 66.5 Å². The molecule has 0 aliphatic rings. The Morgan fingerprint density at radius 2 is 1.73 bits per heavy atom. The molecule has 1 amide bonds. The molecule has 0 aliphatic carbocycles. The summed E-state index contributed by atoms with van der Waals surface area (Å²) >= 11 is 0. The normalized spacial score (nSPS) is 11.9. The zero-order valence-corrected chi connectivity index (χ0v) is 15.1. The summed E-state index contributed by atoms with van der Waals surface area (Å²) < 4.78 is 63.5. The van der Waals surface area contributed by atoms with Crippen molar-refractivity contribution in [3.05, 3.63) is 59.2 Å². The molecule has 0 heterocycles. The molecule has 2 aromatic rings. The average molecular weight is 386 g/mol. The van der Waals surface area contributed by atoms with E-state index in [1.54, 1.807) is 6.92 Å². The maximum Gasteiger partial charge on any atom is 0.418 e. The lowest BCUT2D eigenvalue weighted by Crippen LogP contribution is -2.26. The number of amides is 1. The molecule has 5 nitrogen and oxygen atoms in total. The van der Waals surface area contributed by atoms with Crippen molar-refractivity contribution in [2.75, 3.05) is 22.9 Å². The number of sulfonamides is 1. The fraction of sp³-hybridized carbons (Fsp3) is 0.235. The number of hydrogen-bond acceptors (Lipinski definition) is 3. The summed E-state index contributed by atoms with van der Waals surface area (Å²) in [6, 6.07) is 8.89. The van der Waals surface area contributed by atoms with Crippen LogP contribution in [0.15, 0.2) is 42.5 Å². The van der Waals surface area contributed by atoms with Gasteiger partial charge in [0, 0.05) is 12.6 Å². The zero-order valence-electron chi connectivity index (χ0n) is 14.3. The van der Waals surface area contributed by atoms with Crippen molar-refractivity contribution in [3.63, 3.8) is 0 Å². The number of aryl methyl sites for hydroxylation is 1. The van der Waals surface area contributed by atoms with Gasteiger partial charge in [0.2, 0.25) is 10.0 Å². The molecule has 0 fully saturated rings. The predicted octanol–water partition coefficient (Wildman–Crippen LogP) is 3.66. The van der Waals surface area contributed by atoms with Crippen LogP contribution in [0, 0.1) is 6.92 Å². The van der Waals surface area contributed by atoms with E-state index in [9.17, 15) is 26.4 Å².